The van der Waals surface area contributed by atoms with E-state index in [0.29, 0.717) is 37.4 Å². The number of aryl methyl sites for hydroxylation is 3. The molecule has 3 aromatic carbocycles. The summed E-state index contributed by atoms with van der Waals surface area (Å²) in [5.74, 6) is -0.878. The van der Waals surface area contributed by atoms with Gasteiger partial charge in [-0.25, -0.2) is 17.2 Å². The molecule has 1 aromatic heterocycles. The van der Waals surface area contributed by atoms with Crippen molar-refractivity contribution in [2.45, 2.75) is 23.6 Å². The molecule has 0 spiro atoms. The fourth-order valence-corrected chi connectivity index (χ4v) is 6.55. The SMILES string of the molecule is Cc1cc(C)cc(S(=O)(=O)c2cn(C)c3cc(N4CCN(c5ccc(F)cc5)CC4)c(F)cc3c2=O)c1. The van der Waals surface area contributed by atoms with Gasteiger partial charge in [-0.1, -0.05) is 6.07 Å². The highest BCUT2D eigenvalue weighted by Gasteiger charge is 2.26. The topological polar surface area (TPSA) is 62.6 Å². The lowest BCUT2D eigenvalue weighted by atomic mass is 10.1. The molecule has 0 atom stereocenters. The molecular weight excluding hydrogens is 496 g/mol. The first-order valence-electron chi connectivity index (χ1n) is 12.0. The van der Waals surface area contributed by atoms with Crippen LogP contribution in [0.15, 0.2) is 75.4 Å². The quantitative estimate of drug-likeness (QED) is 0.392. The van der Waals surface area contributed by atoms with Gasteiger partial charge in [0.1, 0.15) is 16.5 Å². The summed E-state index contributed by atoms with van der Waals surface area (Å²) in [5.41, 5.74) is 2.52. The molecule has 1 saturated heterocycles. The molecule has 0 unspecified atom stereocenters. The summed E-state index contributed by atoms with van der Waals surface area (Å²) in [6.45, 7) is 5.89. The van der Waals surface area contributed by atoms with Crippen LogP contribution in [0.5, 0.6) is 0 Å². The molecule has 0 radical (unpaired) electrons. The van der Waals surface area contributed by atoms with Gasteiger partial charge in [-0.05, 0) is 73.5 Å². The Morgan fingerprint density at radius 1 is 0.811 bits per heavy atom. The normalized spacial score (nSPS) is 14.4. The number of hydrogen-bond donors (Lipinski definition) is 0. The van der Waals surface area contributed by atoms with Crippen LogP contribution >= 0.6 is 0 Å². The van der Waals surface area contributed by atoms with Crippen molar-refractivity contribution in [3.8, 4) is 0 Å². The highest BCUT2D eigenvalue weighted by molar-refractivity contribution is 7.91. The molecule has 4 aromatic rings. The molecule has 0 N–H and O–H groups in total. The van der Waals surface area contributed by atoms with Crippen molar-refractivity contribution >= 4 is 32.1 Å². The fourth-order valence-electron chi connectivity index (χ4n) is 4.97. The van der Waals surface area contributed by atoms with Crippen LogP contribution < -0.4 is 15.2 Å². The van der Waals surface area contributed by atoms with Crippen LogP contribution in [0, 0.1) is 25.5 Å². The molecule has 1 aliphatic rings. The van der Waals surface area contributed by atoms with Crippen molar-refractivity contribution in [2.24, 2.45) is 7.05 Å². The van der Waals surface area contributed by atoms with Crippen molar-refractivity contribution in [3.05, 3.63) is 93.8 Å². The second kappa shape index (κ2) is 9.30. The minimum atomic E-state index is -4.10. The van der Waals surface area contributed by atoms with Gasteiger partial charge in [-0.2, -0.15) is 0 Å². The number of sulfone groups is 1. The van der Waals surface area contributed by atoms with Crippen LogP contribution in [-0.2, 0) is 16.9 Å². The van der Waals surface area contributed by atoms with Gasteiger partial charge in [0.05, 0.1) is 21.5 Å². The summed E-state index contributed by atoms with van der Waals surface area (Å²) in [6, 6.07) is 13.9. The first-order valence-corrected chi connectivity index (χ1v) is 13.4. The molecule has 0 saturated carbocycles. The van der Waals surface area contributed by atoms with E-state index in [4.69, 9.17) is 0 Å². The molecule has 9 heteroatoms. The van der Waals surface area contributed by atoms with E-state index in [1.54, 1.807) is 43.7 Å². The van der Waals surface area contributed by atoms with Crippen molar-refractivity contribution in [2.75, 3.05) is 36.0 Å². The minimum Gasteiger partial charge on any atom is -0.368 e. The average Bonchev–Trinajstić information content (AvgIpc) is 2.86. The van der Waals surface area contributed by atoms with E-state index in [9.17, 15) is 17.6 Å². The summed E-state index contributed by atoms with van der Waals surface area (Å²) in [5, 5.41) is 0.0131. The maximum atomic E-state index is 15.3. The van der Waals surface area contributed by atoms with Crippen molar-refractivity contribution in [1.82, 2.24) is 4.57 Å². The number of fused-ring (bicyclic) bond motifs is 1. The third-order valence-corrected chi connectivity index (χ3v) is 8.56. The number of rotatable bonds is 4. The zero-order valence-corrected chi connectivity index (χ0v) is 21.6. The van der Waals surface area contributed by atoms with Crippen LogP contribution in [0.25, 0.3) is 10.9 Å². The molecule has 37 heavy (non-hydrogen) atoms. The number of aromatic nitrogens is 1. The maximum Gasteiger partial charge on any atom is 0.211 e. The Morgan fingerprint density at radius 3 is 2.03 bits per heavy atom. The zero-order valence-electron chi connectivity index (χ0n) is 20.8. The summed E-state index contributed by atoms with van der Waals surface area (Å²) in [7, 11) is -2.45. The molecule has 6 nitrogen and oxygen atoms in total. The Labute approximate surface area is 214 Å². The third kappa shape index (κ3) is 4.59. The lowest BCUT2D eigenvalue weighted by molar-refractivity contribution is 0.593. The lowest BCUT2D eigenvalue weighted by Crippen LogP contribution is -2.46. The standard InChI is InChI=1S/C28H27F2N3O3S/c1-18-12-19(2)14-22(13-18)37(35,36)27-17-31(3)25-16-26(24(30)15-23(25)28(27)34)33-10-8-32(9-11-33)21-6-4-20(29)5-7-21/h4-7,12-17H,8-11H2,1-3H3. The maximum absolute atomic E-state index is 15.3. The van der Waals surface area contributed by atoms with Crippen molar-refractivity contribution in [3.63, 3.8) is 0 Å². The molecule has 192 valence electrons. The zero-order chi connectivity index (χ0) is 26.5. The average molecular weight is 524 g/mol. The molecule has 2 heterocycles. The Kier molecular flexibility index (Phi) is 6.27. The van der Waals surface area contributed by atoms with E-state index >= 15 is 4.39 Å². The van der Waals surface area contributed by atoms with Crippen LogP contribution in [0.2, 0.25) is 0 Å². The molecule has 0 amide bonds. The number of hydrogen-bond acceptors (Lipinski definition) is 5. The Morgan fingerprint density at radius 2 is 1.41 bits per heavy atom. The van der Waals surface area contributed by atoms with E-state index in [2.05, 4.69) is 4.90 Å². The predicted octanol–water partition coefficient (Wildman–Crippen LogP) is 4.59. The number of piperazine rings is 1. The van der Waals surface area contributed by atoms with Crippen LogP contribution in [-0.4, -0.2) is 39.2 Å². The molecular formula is C28H27F2N3O3S. The first-order chi connectivity index (χ1) is 17.5. The number of halogens is 2. The lowest BCUT2D eigenvalue weighted by Gasteiger charge is -2.37. The van der Waals surface area contributed by atoms with Crippen LogP contribution in [0.1, 0.15) is 11.1 Å². The van der Waals surface area contributed by atoms with Gasteiger partial charge in [0, 0.05) is 45.1 Å². The smallest absolute Gasteiger partial charge is 0.211 e. The number of nitrogens with zero attached hydrogens (tertiary/aromatic N) is 3. The van der Waals surface area contributed by atoms with E-state index in [1.165, 1.54) is 30.5 Å². The summed E-state index contributed by atoms with van der Waals surface area (Å²) in [4.78, 5) is 17.0. The second-order valence-electron chi connectivity index (χ2n) is 9.53. The first kappa shape index (κ1) is 25.0. The van der Waals surface area contributed by atoms with Gasteiger partial charge in [0.2, 0.25) is 15.3 Å². The van der Waals surface area contributed by atoms with Crippen molar-refractivity contribution < 1.29 is 17.2 Å². The second-order valence-corrected chi connectivity index (χ2v) is 11.4. The summed E-state index contributed by atoms with van der Waals surface area (Å²) in [6.07, 6.45) is 1.31. The number of benzene rings is 3. The Bertz CT molecular complexity index is 1650. The van der Waals surface area contributed by atoms with Gasteiger partial charge in [0.15, 0.2) is 0 Å². The van der Waals surface area contributed by atoms with E-state index in [1.807, 2.05) is 11.0 Å². The largest absolute Gasteiger partial charge is 0.368 e. The van der Waals surface area contributed by atoms with E-state index in [0.717, 1.165) is 22.9 Å². The highest BCUT2D eigenvalue weighted by atomic mass is 32.2. The Hall–Kier alpha value is -3.72. The molecule has 1 aliphatic heterocycles. The number of anilines is 2. The van der Waals surface area contributed by atoms with Crippen LogP contribution in [0.3, 0.4) is 0 Å². The number of pyridine rings is 1. The van der Waals surface area contributed by atoms with Gasteiger partial charge in [0.25, 0.3) is 0 Å². The minimum absolute atomic E-state index is 0.0131. The molecule has 1 fully saturated rings. The molecule has 0 bridgehead atoms. The van der Waals surface area contributed by atoms with Gasteiger partial charge in [-0.15, -0.1) is 0 Å². The van der Waals surface area contributed by atoms with E-state index < -0.39 is 21.1 Å². The third-order valence-electron chi connectivity index (χ3n) is 6.83. The highest BCUT2D eigenvalue weighted by Crippen LogP contribution is 2.29. The van der Waals surface area contributed by atoms with Gasteiger partial charge >= 0.3 is 0 Å². The van der Waals surface area contributed by atoms with E-state index in [-0.39, 0.29) is 21.0 Å². The summed E-state index contributed by atoms with van der Waals surface area (Å²) < 4.78 is 56.9. The molecule has 5 rings (SSSR count). The summed E-state index contributed by atoms with van der Waals surface area (Å²) >= 11 is 0. The molecule has 0 aliphatic carbocycles. The van der Waals surface area contributed by atoms with Gasteiger partial charge < -0.3 is 14.4 Å². The van der Waals surface area contributed by atoms with Crippen LogP contribution in [0.4, 0.5) is 20.2 Å². The van der Waals surface area contributed by atoms with Crippen molar-refractivity contribution in [1.29, 1.82) is 0 Å². The monoisotopic (exact) mass is 523 g/mol. The predicted molar refractivity (Wildman–Crippen MR) is 141 cm³/mol. The van der Waals surface area contributed by atoms with Gasteiger partial charge in [-0.3, -0.25) is 4.79 Å². The fraction of sp³-hybridized carbons (Fsp3) is 0.250. The Balaban J connectivity index is 1.49.